The van der Waals surface area contributed by atoms with Gasteiger partial charge in [0, 0.05) is 18.1 Å². The number of allylic oxidation sites excluding steroid dienone is 1. The summed E-state index contributed by atoms with van der Waals surface area (Å²) in [6.07, 6.45) is 3.73. The van der Waals surface area contributed by atoms with Crippen molar-refractivity contribution in [1.82, 2.24) is 5.32 Å². The Morgan fingerprint density at radius 3 is 2.86 bits per heavy atom. The second kappa shape index (κ2) is 3.80. The number of nitrogens with zero attached hydrogens (tertiary/aromatic N) is 1. The van der Waals surface area contributed by atoms with Crippen molar-refractivity contribution in [2.75, 3.05) is 0 Å². The molecule has 1 N–H and O–H groups in total. The Balaban J connectivity index is 2.29. The van der Waals surface area contributed by atoms with Gasteiger partial charge in [0.25, 0.3) is 0 Å². The van der Waals surface area contributed by atoms with E-state index in [9.17, 15) is 0 Å². The van der Waals surface area contributed by atoms with E-state index in [0.29, 0.717) is 0 Å². The fraction of sp³-hybridized carbons (Fsp3) is 0.182. The standard InChI is InChI=1S/C11H11N2Si/c1-8-6-12-7-10(13-8)9-4-2-3-5-11(9)14/h2-7,10,13H,1H3. The normalized spacial score (nSPS) is 20.1. The van der Waals surface area contributed by atoms with Gasteiger partial charge in [-0.25, -0.2) is 0 Å². The van der Waals surface area contributed by atoms with E-state index >= 15 is 0 Å². The molecule has 0 aromatic heterocycles. The van der Waals surface area contributed by atoms with E-state index in [4.69, 9.17) is 0 Å². The molecular formula is C11H11N2Si. The molecule has 0 saturated heterocycles. The highest BCUT2D eigenvalue weighted by Crippen LogP contribution is 2.12. The molecule has 1 heterocycles. The average Bonchev–Trinajstić information content (AvgIpc) is 2.18. The molecule has 69 valence electrons. The van der Waals surface area contributed by atoms with Crippen molar-refractivity contribution in [3.05, 3.63) is 41.7 Å². The number of benzene rings is 1. The van der Waals surface area contributed by atoms with Gasteiger partial charge in [-0.05, 0) is 12.5 Å². The number of aliphatic imine (C=N–C) groups is 1. The molecule has 14 heavy (non-hydrogen) atoms. The van der Waals surface area contributed by atoms with Crippen LogP contribution in [-0.4, -0.2) is 16.5 Å². The minimum atomic E-state index is 0.175. The van der Waals surface area contributed by atoms with Crippen molar-refractivity contribution in [3.8, 4) is 0 Å². The quantitative estimate of drug-likeness (QED) is 0.672. The van der Waals surface area contributed by atoms with Crippen LogP contribution in [0.1, 0.15) is 18.5 Å². The molecule has 0 bridgehead atoms. The molecular weight excluding hydrogens is 188 g/mol. The summed E-state index contributed by atoms with van der Waals surface area (Å²) in [5.41, 5.74) is 2.30. The third-order valence-electron chi connectivity index (χ3n) is 2.18. The lowest BCUT2D eigenvalue weighted by Crippen LogP contribution is -2.27. The molecule has 0 spiro atoms. The smallest absolute Gasteiger partial charge is 0.0866 e. The maximum atomic E-state index is 4.19. The van der Waals surface area contributed by atoms with Gasteiger partial charge in [0.2, 0.25) is 0 Å². The summed E-state index contributed by atoms with van der Waals surface area (Å²) >= 11 is 0. The van der Waals surface area contributed by atoms with E-state index in [-0.39, 0.29) is 6.04 Å². The molecule has 1 aromatic rings. The summed E-state index contributed by atoms with van der Waals surface area (Å²) in [6.45, 7) is 2.01. The molecule has 1 unspecified atom stereocenters. The highest BCUT2D eigenvalue weighted by molar-refractivity contribution is 6.33. The van der Waals surface area contributed by atoms with Gasteiger partial charge in [0.15, 0.2) is 0 Å². The minimum Gasteiger partial charge on any atom is -0.376 e. The third-order valence-corrected chi connectivity index (χ3v) is 2.64. The first-order valence-electron chi connectivity index (χ1n) is 4.54. The first-order valence-corrected chi connectivity index (χ1v) is 5.04. The molecule has 0 saturated carbocycles. The maximum absolute atomic E-state index is 4.19. The van der Waals surface area contributed by atoms with Crippen LogP contribution in [0.3, 0.4) is 0 Å². The van der Waals surface area contributed by atoms with E-state index in [1.807, 2.05) is 37.5 Å². The van der Waals surface area contributed by atoms with Gasteiger partial charge in [-0.3, -0.25) is 4.99 Å². The fourth-order valence-corrected chi connectivity index (χ4v) is 1.82. The number of rotatable bonds is 1. The molecule has 0 amide bonds. The second-order valence-corrected chi connectivity index (χ2v) is 3.86. The Kier molecular flexibility index (Phi) is 2.50. The summed E-state index contributed by atoms with van der Waals surface area (Å²) in [7, 11) is 3.58. The van der Waals surface area contributed by atoms with Gasteiger partial charge in [0.05, 0.1) is 16.3 Å². The van der Waals surface area contributed by atoms with Crippen LogP contribution in [0, 0.1) is 0 Å². The van der Waals surface area contributed by atoms with Crippen LogP contribution in [0.15, 0.2) is 41.2 Å². The predicted molar refractivity (Wildman–Crippen MR) is 60.0 cm³/mol. The van der Waals surface area contributed by atoms with Gasteiger partial charge >= 0.3 is 0 Å². The lowest BCUT2D eigenvalue weighted by atomic mass is 10.1. The van der Waals surface area contributed by atoms with Crippen molar-refractivity contribution in [2.45, 2.75) is 13.0 Å². The molecule has 1 aliphatic rings. The summed E-state index contributed by atoms with van der Waals surface area (Å²) < 4.78 is 0. The van der Waals surface area contributed by atoms with Crippen molar-refractivity contribution < 1.29 is 0 Å². The van der Waals surface area contributed by atoms with Crippen LogP contribution >= 0.6 is 0 Å². The van der Waals surface area contributed by atoms with E-state index in [2.05, 4.69) is 26.6 Å². The Labute approximate surface area is 87.2 Å². The van der Waals surface area contributed by atoms with Gasteiger partial charge in [-0.1, -0.05) is 29.5 Å². The van der Waals surface area contributed by atoms with Gasteiger partial charge in [-0.15, -0.1) is 0 Å². The SMILES string of the molecule is CC1=CN=CC(c2ccccc2[Si])N1. The number of hydrogen-bond acceptors (Lipinski definition) is 2. The zero-order chi connectivity index (χ0) is 9.97. The molecule has 2 rings (SSSR count). The molecule has 1 atom stereocenters. The van der Waals surface area contributed by atoms with Crippen molar-refractivity contribution in [1.29, 1.82) is 0 Å². The second-order valence-electron chi connectivity index (χ2n) is 3.32. The van der Waals surface area contributed by atoms with E-state index in [1.165, 1.54) is 5.56 Å². The maximum Gasteiger partial charge on any atom is 0.0866 e. The summed E-state index contributed by atoms with van der Waals surface area (Å²) in [5, 5.41) is 4.46. The topological polar surface area (TPSA) is 24.4 Å². The summed E-state index contributed by atoms with van der Waals surface area (Å²) in [5.74, 6) is 0. The number of hydrogen-bond donors (Lipinski definition) is 1. The Bertz CT molecular complexity index is 396. The molecule has 3 radical (unpaired) electrons. The van der Waals surface area contributed by atoms with Crippen LogP contribution in [0.25, 0.3) is 0 Å². The number of nitrogens with one attached hydrogen (secondary N) is 1. The molecule has 2 nitrogen and oxygen atoms in total. The minimum absolute atomic E-state index is 0.175. The lowest BCUT2D eigenvalue weighted by molar-refractivity contribution is 0.747. The Morgan fingerprint density at radius 2 is 2.14 bits per heavy atom. The predicted octanol–water partition coefficient (Wildman–Crippen LogP) is 1.06. The van der Waals surface area contributed by atoms with Crippen LogP contribution in [-0.2, 0) is 0 Å². The first kappa shape index (κ1) is 9.21. The van der Waals surface area contributed by atoms with Crippen LogP contribution in [0.5, 0.6) is 0 Å². The van der Waals surface area contributed by atoms with E-state index < -0.39 is 0 Å². The first-order chi connectivity index (χ1) is 6.77. The van der Waals surface area contributed by atoms with Gasteiger partial charge in [0.1, 0.15) is 0 Å². The van der Waals surface area contributed by atoms with E-state index in [0.717, 1.165) is 10.9 Å². The van der Waals surface area contributed by atoms with Crippen molar-refractivity contribution >= 4 is 21.6 Å². The molecule has 1 aliphatic heterocycles. The monoisotopic (exact) mass is 199 g/mol. The molecule has 3 heteroatoms. The molecule has 1 aromatic carbocycles. The van der Waals surface area contributed by atoms with Gasteiger partial charge in [-0.2, -0.15) is 0 Å². The van der Waals surface area contributed by atoms with Crippen LogP contribution in [0.2, 0.25) is 0 Å². The van der Waals surface area contributed by atoms with Gasteiger partial charge < -0.3 is 5.32 Å². The Hall–Kier alpha value is -1.35. The van der Waals surface area contributed by atoms with Crippen molar-refractivity contribution in [3.63, 3.8) is 0 Å². The largest absolute Gasteiger partial charge is 0.376 e. The summed E-state index contributed by atoms with van der Waals surface area (Å²) in [6, 6.07) is 8.34. The average molecular weight is 199 g/mol. The lowest BCUT2D eigenvalue weighted by Gasteiger charge is -2.20. The molecule has 0 aliphatic carbocycles. The highest BCUT2D eigenvalue weighted by Gasteiger charge is 2.12. The van der Waals surface area contributed by atoms with Crippen LogP contribution < -0.4 is 10.5 Å². The zero-order valence-electron chi connectivity index (χ0n) is 7.99. The third kappa shape index (κ3) is 1.77. The summed E-state index contributed by atoms with van der Waals surface area (Å²) in [4.78, 5) is 4.19. The zero-order valence-corrected chi connectivity index (χ0v) is 8.99. The Morgan fingerprint density at radius 1 is 1.36 bits per heavy atom. The molecule has 0 fully saturated rings. The van der Waals surface area contributed by atoms with Crippen LogP contribution in [0.4, 0.5) is 0 Å². The fourth-order valence-electron chi connectivity index (χ4n) is 1.49. The highest BCUT2D eigenvalue weighted by atomic mass is 28.1. The van der Waals surface area contributed by atoms with E-state index in [1.54, 1.807) is 0 Å². The van der Waals surface area contributed by atoms with Crippen molar-refractivity contribution in [2.24, 2.45) is 4.99 Å².